The second-order valence-corrected chi connectivity index (χ2v) is 5.82. The fourth-order valence-electron chi connectivity index (χ4n) is 2.86. The van der Waals surface area contributed by atoms with Crippen molar-refractivity contribution < 1.29 is 10.0 Å². The Hall–Kier alpha value is -3.18. The molecule has 0 saturated carbocycles. The Morgan fingerprint density at radius 1 is 1.36 bits per heavy atom. The Morgan fingerprint density at radius 3 is 2.80 bits per heavy atom. The Kier molecular flexibility index (Phi) is 4.77. The van der Waals surface area contributed by atoms with Crippen molar-refractivity contribution in [2.45, 2.75) is 18.9 Å². The van der Waals surface area contributed by atoms with E-state index >= 15 is 0 Å². The largest absolute Gasteiger partial charge is 0.393 e. The minimum absolute atomic E-state index is 0.130. The normalized spacial score (nSPS) is 14.8. The number of hydrogen-bond donors (Lipinski definition) is 2. The smallest absolute Gasteiger partial charge is 0.311 e. The minimum Gasteiger partial charge on any atom is -0.393 e. The summed E-state index contributed by atoms with van der Waals surface area (Å²) in [7, 11) is 0. The highest BCUT2D eigenvalue weighted by molar-refractivity contribution is 5.71. The molecule has 1 aliphatic heterocycles. The summed E-state index contributed by atoms with van der Waals surface area (Å²) in [6, 6.07) is 10.3. The lowest BCUT2D eigenvalue weighted by Gasteiger charge is -2.32. The first kappa shape index (κ1) is 16.7. The Labute approximate surface area is 144 Å². The fourth-order valence-corrected chi connectivity index (χ4v) is 2.86. The van der Waals surface area contributed by atoms with E-state index in [1.54, 1.807) is 12.1 Å². The molecule has 1 aromatic carbocycles. The summed E-state index contributed by atoms with van der Waals surface area (Å²) in [6.07, 6.45) is 2.52. The van der Waals surface area contributed by atoms with Gasteiger partial charge in [-0.25, -0.2) is 4.98 Å². The molecular formula is C17H17N5O3. The van der Waals surface area contributed by atoms with E-state index in [4.69, 9.17) is 0 Å². The van der Waals surface area contributed by atoms with Crippen molar-refractivity contribution in [3.05, 3.63) is 52.2 Å². The van der Waals surface area contributed by atoms with Gasteiger partial charge in [0, 0.05) is 31.0 Å². The van der Waals surface area contributed by atoms with E-state index in [1.165, 1.54) is 18.3 Å². The molecule has 0 amide bonds. The van der Waals surface area contributed by atoms with Gasteiger partial charge in [0.25, 0.3) is 0 Å². The van der Waals surface area contributed by atoms with Crippen LogP contribution in [0.1, 0.15) is 18.4 Å². The van der Waals surface area contributed by atoms with Gasteiger partial charge in [0.2, 0.25) is 5.82 Å². The maximum atomic E-state index is 11.1. The Morgan fingerprint density at radius 2 is 2.12 bits per heavy atom. The quantitative estimate of drug-likeness (QED) is 0.649. The number of nitrogens with zero attached hydrogens (tertiary/aromatic N) is 4. The van der Waals surface area contributed by atoms with Crippen LogP contribution in [0.3, 0.4) is 0 Å². The molecule has 0 radical (unpaired) electrons. The van der Waals surface area contributed by atoms with E-state index in [2.05, 4.69) is 21.3 Å². The second-order valence-electron chi connectivity index (χ2n) is 5.82. The van der Waals surface area contributed by atoms with Crippen LogP contribution in [-0.2, 0) is 0 Å². The van der Waals surface area contributed by atoms with Crippen molar-refractivity contribution in [1.29, 1.82) is 5.26 Å². The summed E-state index contributed by atoms with van der Waals surface area (Å²) in [6.45, 7) is 1.38. The zero-order chi connectivity index (χ0) is 17.8. The van der Waals surface area contributed by atoms with Crippen molar-refractivity contribution in [3.8, 4) is 6.07 Å². The van der Waals surface area contributed by atoms with Crippen LogP contribution in [0.25, 0.3) is 0 Å². The zero-order valence-corrected chi connectivity index (χ0v) is 13.4. The van der Waals surface area contributed by atoms with Crippen LogP contribution in [0.2, 0.25) is 0 Å². The molecule has 2 aromatic rings. The van der Waals surface area contributed by atoms with Crippen LogP contribution in [0, 0.1) is 21.4 Å². The number of aliphatic hydroxyl groups excluding tert-OH is 1. The lowest BCUT2D eigenvalue weighted by atomic mass is 10.0. The lowest BCUT2D eigenvalue weighted by molar-refractivity contribution is -0.384. The van der Waals surface area contributed by atoms with Gasteiger partial charge in [0.05, 0.1) is 22.3 Å². The number of aromatic nitrogens is 1. The molecule has 2 N–H and O–H groups in total. The number of nitriles is 1. The SMILES string of the molecule is N#Cc1cc(Nc2ncccc2[N+](=O)[O-])ccc1N1CCC(O)CC1. The predicted molar refractivity (Wildman–Crippen MR) is 92.8 cm³/mol. The first-order valence-electron chi connectivity index (χ1n) is 7.92. The van der Waals surface area contributed by atoms with Gasteiger partial charge >= 0.3 is 5.69 Å². The first-order valence-corrected chi connectivity index (χ1v) is 7.92. The highest BCUT2D eigenvalue weighted by Crippen LogP contribution is 2.29. The standard InChI is InChI=1S/C17H17N5O3/c18-11-12-10-13(20-17-16(22(24)25)2-1-7-19-17)3-4-15(12)21-8-5-14(23)6-9-21/h1-4,7,10,14,23H,5-6,8-9H2,(H,19,20). The molecule has 0 unspecified atom stereocenters. The summed E-state index contributed by atoms with van der Waals surface area (Å²) in [4.78, 5) is 16.6. The molecule has 8 heteroatoms. The third-order valence-electron chi connectivity index (χ3n) is 4.17. The van der Waals surface area contributed by atoms with Gasteiger partial charge in [0.15, 0.2) is 0 Å². The molecule has 3 rings (SSSR count). The molecule has 1 aliphatic rings. The van der Waals surface area contributed by atoms with Crippen LogP contribution in [0.5, 0.6) is 0 Å². The minimum atomic E-state index is -0.506. The van der Waals surface area contributed by atoms with Gasteiger partial charge in [-0.2, -0.15) is 5.26 Å². The van der Waals surface area contributed by atoms with Crippen LogP contribution in [0.15, 0.2) is 36.5 Å². The highest BCUT2D eigenvalue weighted by atomic mass is 16.6. The van der Waals surface area contributed by atoms with Gasteiger partial charge in [0.1, 0.15) is 6.07 Å². The van der Waals surface area contributed by atoms with Crippen LogP contribution in [-0.4, -0.2) is 34.2 Å². The molecule has 0 spiro atoms. The fraction of sp³-hybridized carbons (Fsp3) is 0.294. The molecule has 1 aromatic heterocycles. The van der Waals surface area contributed by atoms with Crippen molar-refractivity contribution in [1.82, 2.24) is 4.98 Å². The molecule has 0 bridgehead atoms. The average molecular weight is 339 g/mol. The number of hydrogen-bond acceptors (Lipinski definition) is 7. The molecule has 128 valence electrons. The van der Waals surface area contributed by atoms with Crippen LogP contribution >= 0.6 is 0 Å². The maximum absolute atomic E-state index is 11.1. The zero-order valence-electron chi connectivity index (χ0n) is 13.4. The predicted octanol–water partition coefficient (Wildman–Crippen LogP) is 2.57. The van der Waals surface area contributed by atoms with Gasteiger partial charge in [-0.3, -0.25) is 10.1 Å². The van der Waals surface area contributed by atoms with Gasteiger partial charge < -0.3 is 15.3 Å². The molecule has 25 heavy (non-hydrogen) atoms. The number of nitrogens with one attached hydrogen (secondary N) is 1. The molecule has 0 aliphatic carbocycles. The number of rotatable bonds is 4. The molecule has 1 saturated heterocycles. The average Bonchev–Trinajstić information content (AvgIpc) is 2.63. The van der Waals surface area contributed by atoms with Crippen molar-refractivity contribution in [2.75, 3.05) is 23.3 Å². The number of benzene rings is 1. The van der Waals surface area contributed by atoms with E-state index in [9.17, 15) is 20.5 Å². The van der Waals surface area contributed by atoms with Crippen molar-refractivity contribution in [2.24, 2.45) is 0 Å². The highest BCUT2D eigenvalue weighted by Gasteiger charge is 2.20. The third kappa shape index (κ3) is 3.67. The lowest BCUT2D eigenvalue weighted by Crippen LogP contribution is -2.36. The van der Waals surface area contributed by atoms with E-state index in [-0.39, 0.29) is 17.6 Å². The third-order valence-corrected chi connectivity index (χ3v) is 4.17. The summed E-state index contributed by atoms with van der Waals surface area (Å²) < 4.78 is 0. The van der Waals surface area contributed by atoms with E-state index < -0.39 is 4.92 Å². The number of nitro groups is 1. The molecule has 2 heterocycles. The topological polar surface area (TPSA) is 115 Å². The van der Waals surface area contributed by atoms with E-state index in [1.807, 2.05) is 6.07 Å². The summed E-state index contributed by atoms with van der Waals surface area (Å²) >= 11 is 0. The summed E-state index contributed by atoms with van der Waals surface area (Å²) in [5.41, 5.74) is 1.70. The Bertz CT molecular complexity index is 825. The number of pyridine rings is 1. The Balaban J connectivity index is 1.85. The monoisotopic (exact) mass is 339 g/mol. The van der Waals surface area contributed by atoms with Crippen molar-refractivity contribution >= 4 is 22.9 Å². The molecular weight excluding hydrogens is 322 g/mol. The number of piperidine rings is 1. The van der Waals surface area contributed by atoms with E-state index in [0.717, 1.165) is 5.69 Å². The van der Waals surface area contributed by atoms with Crippen LogP contribution < -0.4 is 10.2 Å². The first-order chi connectivity index (χ1) is 12.1. The second kappa shape index (κ2) is 7.15. The number of aliphatic hydroxyl groups is 1. The van der Waals surface area contributed by atoms with Gasteiger partial charge in [-0.15, -0.1) is 0 Å². The van der Waals surface area contributed by atoms with E-state index in [0.29, 0.717) is 37.2 Å². The maximum Gasteiger partial charge on any atom is 0.311 e. The molecule has 1 fully saturated rings. The van der Waals surface area contributed by atoms with Crippen LogP contribution in [0.4, 0.5) is 22.9 Å². The molecule has 0 atom stereocenters. The molecule has 8 nitrogen and oxygen atoms in total. The van der Waals surface area contributed by atoms with Crippen molar-refractivity contribution in [3.63, 3.8) is 0 Å². The van der Waals surface area contributed by atoms with Gasteiger partial charge in [-0.05, 0) is 37.1 Å². The summed E-state index contributed by atoms with van der Waals surface area (Å²) in [5, 5.41) is 33.0. The van der Waals surface area contributed by atoms with Gasteiger partial charge in [-0.1, -0.05) is 0 Å². The summed E-state index contributed by atoms with van der Waals surface area (Å²) in [5.74, 6) is 0.130. The number of anilines is 3.